The Morgan fingerprint density at radius 3 is 2.75 bits per heavy atom. The summed E-state index contributed by atoms with van der Waals surface area (Å²) in [6, 6.07) is 5.51. The van der Waals surface area contributed by atoms with Gasteiger partial charge in [-0.1, -0.05) is 12.1 Å². The van der Waals surface area contributed by atoms with Gasteiger partial charge >= 0.3 is 0 Å². The van der Waals surface area contributed by atoms with Gasteiger partial charge in [-0.25, -0.2) is 9.07 Å². The Hall–Kier alpha value is -2.00. The quantitative estimate of drug-likeness (QED) is 0.830. The van der Waals surface area contributed by atoms with Crippen molar-refractivity contribution in [3.8, 4) is 0 Å². The number of thioether (sulfide) groups is 1. The van der Waals surface area contributed by atoms with Gasteiger partial charge in [0.1, 0.15) is 23.3 Å². The van der Waals surface area contributed by atoms with E-state index in [0.29, 0.717) is 12.4 Å². The third kappa shape index (κ3) is 2.22. The Morgan fingerprint density at radius 2 is 2.04 bits per heavy atom. The predicted octanol–water partition coefficient (Wildman–Crippen LogP) is 0.923. The summed E-state index contributed by atoms with van der Waals surface area (Å²) in [5.41, 5.74) is 6.80. The molecule has 0 aliphatic carbocycles. The first-order valence-electron chi connectivity index (χ1n) is 7.64. The molecule has 2 aliphatic heterocycles. The summed E-state index contributed by atoms with van der Waals surface area (Å²) in [5.74, 6) is 0.269. The molecule has 2 unspecified atom stereocenters. The molecule has 0 bridgehead atoms. The number of carbonyl (C=O) groups excluding carboxylic acids is 1. The fraction of sp³-hybridized carbons (Fsp3) is 0.467. The molecule has 2 N–H and O–H groups in total. The van der Waals surface area contributed by atoms with Crippen LogP contribution in [-0.2, 0) is 11.3 Å². The van der Waals surface area contributed by atoms with E-state index in [1.54, 1.807) is 33.5 Å². The van der Waals surface area contributed by atoms with Crippen LogP contribution in [0.4, 0.5) is 4.39 Å². The van der Waals surface area contributed by atoms with Gasteiger partial charge in [0, 0.05) is 4.75 Å². The number of amides is 1. The molecule has 1 aromatic carbocycles. The van der Waals surface area contributed by atoms with Gasteiger partial charge in [0.25, 0.3) is 0 Å². The Labute approximate surface area is 142 Å². The van der Waals surface area contributed by atoms with Gasteiger partial charge in [0.15, 0.2) is 5.82 Å². The highest BCUT2D eigenvalue weighted by molar-refractivity contribution is 8.01. The van der Waals surface area contributed by atoms with E-state index in [-0.39, 0.29) is 27.9 Å². The van der Waals surface area contributed by atoms with Crippen LogP contribution in [0.5, 0.6) is 0 Å². The zero-order valence-electron chi connectivity index (χ0n) is 13.3. The van der Waals surface area contributed by atoms with E-state index in [9.17, 15) is 9.18 Å². The van der Waals surface area contributed by atoms with Crippen molar-refractivity contribution in [2.75, 3.05) is 0 Å². The second kappa shape index (κ2) is 5.25. The van der Waals surface area contributed by atoms with E-state index in [0.717, 1.165) is 5.56 Å². The number of nitrogens with two attached hydrogens (primary N) is 1. The summed E-state index contributed by atoms with van der Waals surface area (Å²) in [7, 11) is 0. The molecular formula is C15H17FN6OS. The Bertz CT molecular complexity index is 792. The average molecular weight is 348 g/mol. The molecule has 2 aromatic rings. The van der Waals surface area contributed by atoms with Crippen molar-refractivity contribution in [2.45, 2.75) is 42.6 Å². The van der Waals surface area contributed by atoms with E-state index in [1.807, 2.05) is 0 Å². The molecule has 2 saturated heterocycles. The standard InChI is InChI=1S/C15H17FN6OS/c1-15(2)11(22-13(23)10(17)14(22)24-15)12-18-19-20-21(12)7-8-3-5-9(16)6-4-8/h3-6,10-11,14H,7,17H2,1-2H3/t10?,11?,14-/m0/s1. The van der Waals surface area contributed by atoms with Crippen molar-refractivity contribution in [1.29, 1.82) is 0 Å². The Morgan fingerprint density at radius 1 is 1.33 bits per heavy atom. The van der Waals surface area contributed by atoms with Gasteiger partial charge in [-0.2, -0.15) is 0 Å². The topological polar surface area (TPSA) is 89.9 Å². The van der Waals surface area contributed by atoms with Crippen LogP contribution in [0.15, 0.2) is 24.3 Å². The summed E-state index contributed by atoms with van der Waals surface area (Å²) < 4.78 is 14.5. The van der Waals surface area contributed by atoms with Crippen molar-refractivity contribution >= 4 is 17.7 Å². The minimum atomic E-state index is -0.458. The molecule has 9 heteroatoms. The maximum atomic E-state index is 13.1. The van der Waals surface area contributed by atoms with E-state index >= 15 is 0 Å². The second-order valence-electron chi connectivity index (χ2n) is 6.61. The monoisotopic (exact) mass is 348 g/mol. The number of aromatic nitrogens is 4. The van der Waals surface area contributed by atoms with Gasteiger partial charge in [-0.05, 0) is 42.0 Å². The van der Waals surface area contributed by atoms with Gasteiger partial charge in [-0.3, -0.25) is 4.79 Å². The number of halogens is 1. The molecule has 2 aliphatic rings. The third-order valence-corrected chi connectivity index (χ3v) is 6.12. The SMILES string of the molecule is CC1(C)S[C@H]2C(N)C(=O)N2C1c1nnnn1Cc1ccc(F)cc1. The molecule has 24 heavy (non-hydrogen) atoms. The highest BCUT2D eigenvalue weighted by atomic mass is 32.2. The lowest BCUT2D eigenvalue weighted by atomic mass is 9.95. The van der Waals surface area contributed by atoms with E-state index in [1.165, 1.54) is 12.1 Å². The zero-order valence-corrected chi connectivity index (χ0v) is 14.1. The van der Waals surface area contributed by atoms with Crippen LogP contribution in [0.3, 0.4) is 0 Å². The summed E-state index contributed by atoms with van der Waals surface area (Å²) in [4.78, 5) is 14.0. The van der Waals surface area contributed by atoms with Crippen LogP contribution < -0.4 is 5.73 Å². The molecule has 1 amide bonds. The number of tetrazole rings is 1. The number of benzene rings is 1. The number of nitrogens with zero attached hydrogens (tertiary/aromatic N) is 5. The van der Waals surface area contributed by atoms with Crippen molar-refractivity contribution in [3.05, 3.63) is 41.5 Å². The average Bonchev–Trinajstić information content (AvgIpc) is 3.09. The number of hydrogen-bond acceptors (Lipinski definition) is 6. The van der Waals surface area contributed by atoms with E-state index < -0.39 is 6.04 Å². The maximum absolute atomic E-state index is 13.1. The van der Waals surface area contributed by atoms with Crippen LogP contribution in [0, 0.1) is 5.82 Å². The number of β-lactam (4-membered cyclic amide) rings is 1. The van der Waals surface area contributed by atoms with Gasteiger partial charge < -0.3 is 10.6 Å². The fourth-order valence-electron chi connectivity index (χ4n) is 3.34. The van der Waals surface area contributed by atoms with Crippen LogP contribution in [0.1, 0.15) is 31.3 Å². The number of fused-ring (bicyclic) bond motifs is 1. The number of carbonyl (C=O) groups is 1. The summed E-state index contributed by atoms with van der Waals surface area (Å²) >= 11 is 1.67. The molecule has 7 nitrogen and oxygen atoms in total. The summed E-state index contributed by atoms with van der Waals surface area (Å²) in [5, 5.41) is 12.0. The van der Waals surface area contributed by atoms with Crippen molar-refractivity contribution in [2.24, 2.45) is 5.73 Å². The lowest BCUT2D eigenvalue weighted by Crippen LogP contribution is -2.65. The minimum Gasteiger partial charge on any atom is -0.317 e. The minimum absolute atomic E-state index is 0.0338. The van der Waals surface area contributed by atoms with Crippen LogP contribution in [0.25, 0.3) is 0 Å². The maximum Gasteiger partial charge on any atom is 0.244 e. The molecular weight excluding hydrogens is 331 g/mol. The number of hydrogen-bond donors (Lipinski definition) is 1. The lowest BCUT2D eigenvalue weighted by molar-refractivity contribution is -0.147. The van der Waals surface area contributed by atoms with Crippen LogP contribution >= 0.6 is 11.8 Å². The molecule has 0 saturated carbocycles. The first-order valence-corrected chi connectivity index (χ1v) is 8.52. The Kier molecular flexibility index (Phi) is 3.40. The van der Waals surface area contributed by atoms with Crippen LogP contribution in [0.2, 0.25) is 0 Å². The van der Waals surface area contributed by atoms with Crippen molar-refractivity contribution < 1.29 is 9.18 Å². The van der Waals surface area contributed by atoms with E-state index in [2.05, 4.69) is 29.4 Å². The van der Waals surface area contributed by atoms with Crippen LogP contribution in [-0.4, -0.2) is 47.2 Å². The molecule has 126 valence electrons. The molecule has 3 atom stereocenters. The predicted molar refractivity (Wildman–Crippen MR) is 86.3 cm³/mol. The molecule has 3 heterocycles. The molecule has 0 radical (unpaired) electrons. The first kappa shape index (κ1) is 15.5. The first-order chi connectivity index (χ1) is 11.4. The second-order valence-corrected chi connectivity index (χ2v) is 8.38. The number of rotatable bonds is 3. The molecule has 4 rings (SSSR count). The van der Waals surface area contributed by atoms with Crippen molar-refractivity contribution in [1.82, 2.24) is 25.1 Å². The van der Waals surface area contributed by atoms with Crippen molar-refractivity contribution in [3.63, 3.8) is 0 Å². The highest BCUT2D eigenvalue weighted by Gasteiger charge is 2.61. The molecule has 1 aromatic heterocycles. The van der Waals surface area contributed by atoms with Gasteiger partial charge in [0.2, 0.25) is 5.91 Å². The van der Waals surface area contributed by atoms with Gasteiger partial charge in [0.05, 0.1) is 6.54 Å². The zero-order chi connectivity index (χ0) is 17.1. The third-order valence-electron chi connectivity index (χ3n) is 4.53. The summed E-state index contributed by atoms with van der Waals surface area (Å²) in [6.45, 7) is 4.55. The van der Waals surface area contributed by atoms with E-state index in [4.69, 9.17) is 5.73 Å². The lowest BCUT2D eigenvalue weighted by Gasteiger charge is -2.42. The smallest absolute Gasteiger partial charge is 0.244 e. The largest absolute Gasteiger partial charge is 0.317 e. The summed E-state index contributed by atoms with van der Waals surface area (Å²) in [6.07, 6.45) is 0. The normalized spacial score (nSPS) is 27.9. The molecule has 0 spiro atoms. The fourth-order valence-corrected chi connectivity index (χ4v) is 4.92. The molecule has 2 fully saturated rings. The Balaban J connectivity index is 1.66. The highest BCUT2D eigenvalue weighted by Crippen LogP contribution is 2.56. The van der Waals surface area contributed by atoms with Gasteiger partial charge in [-0.15, -0.1) is 16.9 Å².